The van der Waals surface area contributed by atoms with Crippen molar-refractivity contribution in [1.82, 2.24) is 42.2 Å². The van der Waals surface area contributed by atoms with Crippen LogP contribution < -0.4 is 42.0 Å². The summed E-state index contributed by atoms with van der Waals surface area (Å²) in [7, 11) is 0. The van der Waals surface area contributed by atoms with Crippen molar-refractivity contribution < 1.29 is 51.4 Å². The molecule has 1 aromatic heterocycles. The third kappa shape index (κ3) is 19.3. The molecule has 4 rings (SSSR count). The van der Waals surface area contributed by atoms with E-state index in [-0.39, 0.29) is 72.3 Å². The van der Waals surface area contributed by atoms with Crippen LogP contribution in [0.4, 0.5) is 22.8 Å². The summed E-state index contributed by atoms with van der Waals surface area (Å²) in [4.78, 5) is 76.5. The second-order valence-corrected chi connectivity index (χ2v) is 17.7. The molecule has 20 heteroatoms. The minimum Gasteiger partial charge on any atom is -0.444 e. The van der Waals surface area contributed by atoms with Crippen molar-refractivity contribution in [3.05, 3.63) is 53.2 Å². The van der Waals surface area contributed by atoms with Crippen molar-refractivity contribution in [2.45, 2.75) is 133 Å². The lowest BCUT2D eigenvalue weighted by atomic mass is 10.0. The molecular formula is C43H61F3N8O8S. The summed E-state index contributed by atoms with van der Waals surface area (Å²) in [5.41, 5.74) is -1.79. The van der Waals surface area contributed by atoms with Crippen molar-refractivity contribution in [2.75, 3.05) is 31.9 Å². The van der Waals surface area contributed by atoms with E-state index < -0.39 is 35.4 Å². The lowest BCUT2D eigenvalue weighted by Gasteiger charge is -2.20. The molecule has 1 aromatic carbocycles. The molecule has 2 aliphatic rings. The van der Waals surface area contributed by atoms with Crippen LogP contribution in [0.2, 0.25) is 0 Å². The van der Waals surface area contributed by atoms with Crippen LogP contribution in [-0.2, 0) is 31.8 Å². The van der Waals surface area contributed by atoms with Gasteiger partial charge in [-0.1, -0.05) is 25.3 Å². The monoisotopic (exact) mass is 906 g/mol. The Morgan fingerprint density at radius 3 is 2.02 bits per heavy atom. The summed E-state index contributed by atoms with van der Waals surface area (Å²) in [6, 6.07) is 8.14. The molecule has 3 heterocycles. The van der Waals surface area contributed by atoms with Gasteiger partial charge in [0.15, 0.2) is 0 Å². The number of unbranched alkanes of at least 4 members (excludes halogenated alkanes) is 5. The number of urea groups is 1. The molecule has 0 spiro atoms. The summed E-state index contributed by atoms with van der Waals surface area (Å²) < 4.78 is 51.6. The summed E-state index contributed by atoms with van der Waals surface area (Å²) in [6.45, 7) is 6.10. The zero-order valence-electron chi connectivity index (χ0n) is 36.2. The number of nitrogens with one attached hydrogen (secondary N) is 7. The molecule has 0 aliphatic carbocycles. The molecule has 0 saturated carbocycles. The molecular weight excluding hydrogens is 846 g/mol. The fourth-order valence-corrected chi connectivity index (χ4v) is 8.36. The van der Waals surface area contributed by atoms with E-state index in [9.17, 15) is 41.9 Å². The van der Waals surface area contributed by atoms with Crippen LogP contribution in [0.3, 0.4) is 0 Å². The highest BCUT2D eigenvalue weighted by Crippen LogP contribution is 2.34. The number of rotatable bonds is 25. The fourth-order valence-electron chi connectivity index (χ4n) is 6.82. The maximum atomic E-state index is 13.6. The van der Waals surface area contributed by atoms with E-state index in [1.54, 1.807) is 20.8 Å². The second-order valence-electron chi connectivity index (χ2n) is 16.5. The maximum absolute atomic E-state index is 13.6. The van der Waals surface area contributed by atoms with Gasteiger partial charge in [-0.05, 0) is 89.1 Å². The Kier molecular flexibility index (Phi) is 20.1. The second kappa shape index (κ2) is 25.1. The molecule has 0 bridgehead atoms. The largest absolute Gasteiger partial charge is 0.444 e. The van der Waals surface area contributed by atoms with Gasteiger partial charge in [0.25, 0.3) is 5.91 Å². The number of hydrogen-bond donors (Lipinski definition) is 7. The van der Waals surface area contributed by atoms with Gasteiger partial charge in [0.1, 0.15) is 17.0 Å². The van der Waals surface area contributed by atoms with Gasteiger partial charge < -0.3 is 46.7 Å². The van der Waals surface area contributed by atoms with Gasteiger partial charge in [-0.3, -0.25) is 19.2 Å². The molecule has 2 saturated heterocycles. The maximum Gasteiger partial charge on any atom is 0.433 e. The minimum atomic E-state index is -4.79. The standard InChI is InChI=1S/C43H61F3N8O8S/c1-42(2,3)62-41(60)51-26-28-23-33(43(44,45)46)53-37(24-28)61-30-14-12-13-29(25-30)39(58)50-22-21-49-36(57)17-7-5-11-19-47-34(55)16-6-4-10-20-48-35(56)18-9-8-15-32-38-31(27-63-32)52-40(59)54-38/h12-14,23-25,31-32,38H,4-11,15-22,26-27H2,1-3H3,(H,47,55)(H,48,56)(H,49,57)(H,50,58)(H,51,60)(H2,52,54,59)/t31-,32-,38-/m0/s1. The summed E-state index contributed by atoms with van der Waals surface area (Å²) >= 11 is 1.88. The molecule has 63 heavy (non-hydrogen) atoms. The first kappa shape index (κ1) is 50.4. The third-order valence-electron chi connectivity index (χ3n) is 9.93. The van der Waals surface area contributed by atoms with E-state index in [0.717, 1.165) is 63.2 Å². The van der Waals surface area contributed by atoms with Crippen LogP contribution in [0.15, 0.2) is 36.4 Å². The van der Waals surface area contributed by atoms with E-state index in [4.69, 9.17) is 9.47 Å². The summed E-state index contributed by atoms with van der Waals surface area (Å²) in [5.74, 6) is -0.0534. The van der Waals surface area contributed by atoms with Gasteiger partial charge in [0, 0.05) is 74.6 Å². The van der Waals surface area contributed by atoms with E-state index in [1.807, 2.05) is 11.8 Å². The highest BCUT2D eigenvalue weighted by Gasteiger charge is 2.42. The molecule has 0 radical (unpaired) electrons. The predicted molar refractivity (Wildman–Crippen MR) is 231 cm³/mol. The zero-order chi connectivity index (χ0) is 45.8. The average molecular weight is 907 g/mol. The van der Waals surface area contributed by atoms with E-state index in [0.29, 0.717) is 44.0 Å². The Balaban J connectivity index is 0.991. The number of fused-ring (bicyclic) bond motifs is 1. The molecule has 7 N–H and O–H groups in total. The van der Waals surface area contributed by atoms with Gasteiger partial charge in [-0.2, -0.15) is 24.9 Å². The van der Waals surface area contributed by atoms with E-state index in [2.05, 4.69) is 42.2 Å². The number of carbonyl (C=O) groups excluding carboxylic acids is 6. The van der Waals surface area contributed by atoms with Crippen molar-refractivity contribution in [3.63, 3.8) is 0 Å². The third-order valence-corrected chi connectivity index (χ3v) is 11.4. The van der Waals surface area contributed by atoms with Crippen LogP contribution in [0, 0.1) is 0 Å². The topological polar surface area (TPSA) is 218 Å². The normalized spacial score (nSPS) is 16.9. The quantitative estimate of drug-likeness (QED) is 0.0466. The Bertz CT molecular complexity index is 1860. The number of alkyl halides is 3. The first-order valence-electron chi connectivity index (χ1n) is 21.5. The number of benzene rings is 1. The highest BCUT2D eigenvalue weighted by atomic mass is 32.2. The SMILES string of the molecule is CC(C)(C)OC(=O)NCc1cc(Oc2cccc(C(=O)NCCNC(=O)CCCCCNC(=O)CCCCCNC(=O)CCCC[C@@H]3SC[C@@H]4NC(=O)N[C@@H]43)c2)nc(C(F)(F)F)c1. The van der Waals surface area contributed by atoms with E-state index in [1.165, 1.54) is 30.3 Å². The molecule has 2 aliphatic heterocycles. The van der Waals surface area contributed by atoms with Crippen LogP contribution in [0.1, 0.15) is 119 Å². The fraction of sp³-hybridized carbons (Fsp3) is 0.605. The average Bonchev–Trinajstić information content (AvgIpc) is 3.77. The van der Waals surface area contributed by atoms with Crippen molar-refractivity contribution in [3.8, 4) is 11.6 Å². The first-order chi connectivity index (χ1) is 29.9. The van der Waals surface area contributed by atoms with Gasteiger partial charge >= 0.3 is 18.3 Å². The number of nitrogens with zero attached hydrogens (tertiary/aromatic N) is 1. The lowest BCUT2D eigenvalue weighted by molar-refractivity contribution is -0.141. The number of halogens is 3. The number of carbonyl (C=O) groups is 6. The molecule has 348 valence electrons. The Morgan fingerprint density at radius 2 is 1.38 bits per heavy atom. The minimum absolute atomic E-state index is 0.0226. The zero-order valence-corrected chi connectivity index (χ0v) is 37.0. The summed E-state index contributed by atoms with van der Waals surface area (Å²) in [6.07, 6.45) is 2.83. The smallest absolute Gasteiger partial charge is 0.433 e. The first-order valence-corrected chi connectivity index (χ1v) is 22.6. The van der Waals surface area contributed by atoms with Crippen molar-refractivity contribution in [1.29, 1.82) is 0 Å². The van der Waals surface area contributed by atoms with Crippen molar-refractivity contribution in [2.24, 2.45) is 0 Å². The number of thioether (sulfide) groups is 1. The summed E-state index contributed by atoms with van der Waals surface area (Å²) in [5, 5.41) is 20.0. The van der Waals surface area contributed by atoms with E-state index >= 15 is 0 Å². The molecule has 16 nitrogen and oxygen atoms in total. The Hall–Kier alpha value is -5.27. The van der Waals surface area contributed by atoms with Gasteiger partial charge in [0.2, 0.25) is 23.6 Å². The molecule has 3 atom stereocenters. The Labute approximate surface area is 370 Å². The molecule has 2 fully saturated rings. The van der Waals surface area contributed by atoms with Crippen LogP contribution in [0.5, 0.6) is 11.6 Å². The highest BCUT2D eigenvalue weighted by molar-refractivity contribution is 8.00. The predicted octanol–water partition coefficient (Wildman–Crippen LogP) is 5.84. The number of hydrogen-bond acceptors (Lipinski definition) is 10. The number of ether oxygens (including phenoxy) is 2. The van der Waals surface area contributed by atoms with Gasteiger partial charge in [-0.15, -0.1) is 0 Å². The number of alkyl carbamates (subject to hydrolysis) is 1. The van der Waals surface area contributed by atoms with Gasteiger partial charge in [-0.25, -0.2) is 14.6 Å². The Morgan fingerprint density at radius 1 is 0.762 bits per heavy atom. The van der Waals surface area contributed by atoms with Crippen LogP contribution >= 0.6 is 11.8 Å². The number of aromatic nitrogens is 1. The van der Waals surface area contributed by atoms with Crippen LogP contribution in [0.25, 0.3) is 0 Å². The molecule has 2 aromatic rings. The molecule has 0 unspecified atom stereocenters. The van der Waals surface area contributed by atoms with Gasteiger partial charge in [0.05, 0.1) is 12.1 Å². The number of amides is 7. The number of pyridine rings is 1. The lowest BCUT2D eigenvalue weighted by Crippen LogP contribution is -2.36. The van der Waals surface area contributed by atoms with Crippen LogP contribution in [-0.4, -0.2) is 95.6 Å². The van der Waals surface area contributed by atoms with Crippen molar-refractivity contribution >= 4 is 47.5 Å². The molecule has 7 amide bonds.